The van der Waals surface area contributed by atoms with Crippen molar-refractivity contribution in [3.05, 3.63) is 83.1 Å². The van der Waals surface area contributed by atoms with Crippen LogP contribution in [-0.2, 0) is 0 Å². The first-order valence-corrected chi connectivity index (χ1v) is 11.6. The number of nitrogens with two attached hydrogens (primary N) is 1. The van der Waals surface area contributed by atoms with Crippen molar-refractivity contribution in [3.63, 3.8) is 0 Å². The van der Waals surface area contributed by atoms with Crippen LogP contribution in [0.25, 0.3) is 11.3 Å². The number of nitrogens with zero attached hydrogens (tertiary/aromatic N) is 2. The zero-order valence-corrected chi connectivity index (χ0v) is 20.2. The SMILES string of the molecule is CC1=C[C@H](N)C[C@H](c2ccncc2NC(=O)c2ccc(F)c(-c3c(F)cc(OC(C)C)cc3F)n2)C1. The minimum absolute atomic E-state index is 0.0327. The van der Waals surface area contributed by atoms with E-state index in [0.29, 0.717) is 12.1 Å². The predicted molar refractivity (Wildman–Crippen MR) is 131 cm³/mol. The number of ether oxygens (including phenoxy) is 1. The van der Waals surface area contributed by atoms with Crippen LogP contribution < -0.4 is 15.8 Å². The van der Waals surface area contributed by atoms with Crippen molar-refractivity contribution in [2.75, 3.05) is 5.32 Å². The maximum Gasteiger partial charge on any atom is 0.274 e. The van der Waals surface area contributed by atoms with E-state index in [1.54, 1.807) is 20.0 Å². The third-order valence-electron chi connectivity index (χ3n) is 5.87. The average molecular weight is 497 g/mol. The molecule has 1 aliphatic rings. The maximum atomic E-state index is 14.8. The van der Waals surface area contributed by atoms with Gasteiger partial charge in [-0.25, -0.2) is 18.2 Å². The molecule has 3 N–H and O–H groups in total. The number of anilines is 1. The third kappa shape index (κ3) is 5.57. The molecule has 1 aromatic carbocycles. The maximum absolute atomic E-state index is 14.8. The largest absolute Gasteiger partial charge is 0.491 e. The van der Waals surface area contributed by atoms with E-state index in [-0.39, 0.29) is 29.5 Å². The van der Waals surface area contributed by atoms with Crippen molar-refractivity contribution < 1.29 is 22.7 Å². The average Bonchev–Trinajstić information content (AvgIpc) is 2.79. The number of carbonyl (C=O) groups excluding carboxylic acids is 1. The van der Waals surface area contributed by atoms with Crippen molar-refractivity contribution in [1.29, 1.82) is 0 Å². The molecule has 2 heterocycles. The molecule has 0 saturated heterocycles. The standard InChI is InChI=1S/C27H27F3N4O2/c1-14(2)36-18-11-21(29)25(22(30)12-18)26-20(28)4-5-23(33-26)27(35)34-24-13-32-7-6-19(24)16-8-15(3)9-17(31)10-16/h4-7,9,11-14,16-17H,8,10,31H2,1-3H3,(H,34,35)/t16-,17+/m1/s1. The second kappa shape index (κ2) is 10.5. The van der Waals surface area contributed by atoms with E-state index in [1.807, 2.05) is 19.1 Å². The van der Waals surface area contributed by atoms with Gasteiger partial charge in [-0.1, -0.05) is 11.6 Å². The minimum atomic E-state index is -1.05. The highest BCUT2D eigenvalue weighted by atomic mass is 19.1. The monoisotopic (exact) mass is 496 g/mol. The lowest BCUT2D eigenvalue weighted by atomic mass is 9.82. The van der Waals surface area contributed by atoms with Crippen LogP contribution in [0.1, 0.15) is 55.6 Å². The van der Waals surface area contributed by atoms with Gasteiger partial charge >= 0.3 is 0 Å². The molecule has 0 fully saturated rings. The van der Waals surface area contributed by atoms with Crippen molar-refractivity contribution in [3.8, 4) is 17.0 Å². The first-order valence-electron chi connectivity index (χ1n) is 11.6. The molecule has 1 aliphatic carbocycles. The van der Waals surface area contributed by atoms with Crippen LogP contribution in [0.3, 0.4) is 0 Å². The fraction of sp³-hybridized carbons (Fsp3) is 0.296. The molecule has 0 saturated carbocycles. The Morgan fingerprint density at radius 1 is 1.14 bits per heavy atom. The van der Waals surface area contributed by atoms with Gasteiger partial charge in [-0.15, -0.1) is 0 Å². The van der Waals surface area contributed by atoms with Crippen molar-refractivity contribution in [2.24, 2.45) is 5.73 Å². The molecular weight excluding hydrogens is 469 g/mol. The summed E-state index contributed by atoms with van der Waals surface area (Å²) in [6, 6.07) is 5.75. The topological polar surface area (TPSA) is 90.1 Å². The van der Waals surface area contributed by atoms with Crippen LogP contribution in [0.4, 0.5) is 18.9 Å². The summed E-state index contributed by atoms with van der Waals surface area (Å²) in [5, 5.41) is 2.76. The molecule has 0 bridgehead atoms. The number of hydrogen-bond acceptors (Lipinski definition) is 5. The van der Waals surface area contributed by atoms with Crippen molar-refractivity contribution in [2.45, 2.75) is 51.7 Å². The van der Waals surface area contributed by atoms with Gasteiger partial charge in [0.15, 0.2) is 0 Å². The summed E-state index contributed by atoms with van der Waals surface area (Å²) in [7, 11) is 0. The number of allylic oxidation sites excluding steroid dienone is 1. The van der Waals surface area contributed by atoms with Crippen LogP contribution >= 0.6 is 0 Å². The molecular formula is C27H27F3N4O2. The first kappa shape index (κ1) is 25.4. The highest BCUT2D eigenvalue weighted by molar-refractivity contribution is 6.03. The number of aromatic nitrogens is 2. The van der Waals surface area contributed by atoms with Gasteiger partial charge in [-0.2, -0.15) is 0 Å². The Morgan fingerprint density at radius 3 is 2.53 bits per heavy atom. The van der Waals surface area contributed by atoms with Gasteiger partial charge in [0.2, 0.25) is 0 Å². The summed E-state index contributed by atoms with van der Waals surface area (Å²) in [4.78, 5) is 21.1. The van der Waals surface area contributed by atoms with E-state index in [0.717, 1.165) is 41.8 Å². The Balaban J connectivity index is 1.63. The van der Waals surface area contributed by atoms with Crippen LogP contribution in [0.15, 0.2) is 54.4 Å². The highest BCUT2D eigenvalue weighted by Gasteiger charge is 2.25. The third-order valence-corrected chi connectivity index (χ3v) is 5.87. The second-order valence-corrected chi connectivity index (χ2v) is 9.19. The summed E-state index contributed by atoms with van der Waals surface area (Å²) in [5.41, 5.74) is 7.13. The molecule has 2 atom stereocenters. The Hall–Kier alpha value is -3.72. The van der Waals surface area contributed by atoms with E-state index >= 15 is 0 Å². The number of pyridine rings is 2. The van der Waals surface area contributed by atoms with Gasteiger partial charge in [-0.3, -0.25) is 9.78 Å². The molecule has 0 spiro atoms. The Labute approximate surface area is 207 Å². The van der Waals surface area contributed by atoms with Crippen LogP contribution in [-0.4, -0.2) is 28.0 Å². The summed E-state index contributed by atoms with van der Waals surface area (Å²) < 4.78 is 49.5. The number of benzene rings is 1. The van der Waals surface area contributed by atoms with E-state index in [4.69, 9.17) is 10.5 Å². The van der Waals surface area contributed by atoms with Crippen molar-refractivity contribution in [1.82, 2.24) is 9.97 Å². The summed E-state index contributed by atoms with van der Waals surface area (Å²) in [6.07, 6.45) is 6.37. The van der Waals surface area contributed by atoms with Gasteiger partial charge in [0, 0.05) is 24.4 Å². The van der Waals surface area contributed by atoms with E-state index in [9.17, 15) is 18.0 Å². The Bertz CT molecular complexity index is 1300. The highest BCUT2D eigenvalue weighted by Crippen LogP contribution is 2.36. The quantitative estimate of drug-likeness (QED) is 0.424. The molecule has 0 radical (unpaired) electrons. The second-order valence-electron chi connectivity index (χ2n) is 9.19. The molecule has 0 aliphatic heterocycles. The van der Waals surface area contributed by atoms with Gasteiger partial charge in [0.05, 0.1) is 23.6 Å². The fourth-order valence-electron chi connectivity index (χ4n) is 4.45. The lowest BCUT2D eigenvalue weighted by molar-refractivity contribution is 0.102. The molecule has 36 heavy (non-hydrogen) atoms. The number of rotatable bonds is 6. The van der Waals surface area contributed by atoms with Gasteiger partial charge in [0.25, 0.3) is 5.91 Å². The zero-order chi connectivity index (χ0) is 26.0. The van der Waals surface area contributed by atoms with Crippen LogP contribution in [0.5, 0.6) is 5.75 Å². The summed E-state index contributed by atoms with van der Waals surface area (Å²) in [6.45, 7) is 5.43. The summed E-state index contributed by atoms with van der Waals surface area (Å²) in [5.74, 6) is -3.70. The van der Waals surface area contributed by atoms with Crippen LogP contribution in [0, 0.1) is 17.5 Å². The zero-order valence-electron chi connectivity index (χ0n) is 20.2. The minimum Gasteiger partial charge on any atom is -0.491 e. The Morgan fingerprint density at radius 2 is 1.86 bits per heavy atom. The molecule has 188 valence electrons. The molecule has 3 aromatic rings. The number of carbonyl (C=O) groups is 1. The number of amides is 1. The van der Waals surface area contributed by atoms with E-state index < -0.39 is 34.6 Å². The normalized spacial score (nSPS) is 17.6. The number of nitrogens with one attached hydrogen (secondary N) is 1. The van der Waals surface area contributed by atoms with E-state index in [2.05, 4.69) is 15.3 Å². The smallest absolute Gasteiger partial charge is 0.274 e. The fourth-order valence-corrected chi connectivity index (χ4v) is 4.45. The molecule has 4 rings (SSSR count). The first-order chi connectivity index (χ1) is 17.1. The molecule has 6 nitrogen and oxygen atoms in total. The predicted octanol–water partition coefficient (Wildman–Crippen LogP) is 5.75. The molecule has 9 heteroatoms. The van der Waals surface area contributed by atoms with Gasteiger partial charge in [-0.05, 0) is 63.3 Å². The lowest BCUT2D eigenvalue weighted by Gasteiger charge is -2.27. The van der Waals surface area contributed by atoms with Crippen LogP contribution in [0.2, 0.25) is 0 Å². The van der Waals surface area contributed by atoms with Gasteiger partial charge in [0.1, 0.15) is 34.6 Å². The van der Waals surface area contributed by atoms with Gasteiger partial charge < -0.3 is 15.8 Å². The lowest BCUT2D eigenvalue weighted by Crippen LogP contribution is -2.25. The number of hydrogen-bond donors (Lipinski definition) is 2. The van der Waals surface area contributed by atoms with E-state index in [1.165, 1.54) is 6.20 Å². The Kier molecular flexibility index (Phi) is 7.40. The van der Waals surface area contributed by atoms with Crippen molar-refractivity contribution >= 4 is 11.6 Å². The number of halogens is 3. The molecule has 0 unspecified atom stereocenters. The molecule has 1 amide bonds. The molecule has 2 aromatic heterocycles. The summed E-state index contributed by atoms with van der Waals surface area (Å²) >= 11 is 0.